The second-order valence-corrected chi connectivity index (χ2v) is 8.28. The van der Waals surface area contributed by atoms with Crippen molar-refractivity contribution in [1.29, 1.82) is 0 Å². The number of oxazole rings is 1. The molecule has 1 N–H and O–H groups in total. The van der Waals surface area contributed by atoms with Crippen LogP contribution in [0.15, 0.2) is 64.0 Å². The normalized spacial score (nSPS) is 11.3. The van der Waals surface area contributed by atoms with Crippen LogP contribution in [-0.4, -0.2) is 25.6 Å². The SMILES string of the molecule is Cc1ccc(-c2cnc(CCC(=O)Nc3ccccc3S(C)(=O)=O)o2)cc1. The van der Waals surface area contributed by atoms with Gasteiger partial charge in [-0.15, -0.1) is 0 Å². The van der Waals surface area contributed by atoms with Gasteiger partial charge >= 0.3 is 0 Å². The molecule has 0 saturated heterocycles. The van der Waals surface area contributed by atoms with Crippen LogP contribution in [0.25, 0.3) is 11.3 Å². The summed E-state index contributed by atoms with van der Waals surface area (Å²) in [6, 6.07) is 14.2. The van der Waals surface area contributed by atoms with Crippen LogP contribution in [0.1, 0.15) is 17.9 Å². The van der Waals surface area contributed by atoms with Gasteiger partial charge in [-0.1, -0.05) is 42.0 Å². The second-order valence-electron chi connectivity index (χ2n) is 6.30. The Morgan fingerprint density at radius 2 is 1.81 bits per heavy atom. The number of aryl methyl sites for hydroxylation is 2. The summed E-state index contributed by atoms with van der Waals surface area (Å²) in [5, 5.41) is 2.64. The number of nitrogens with one attached hydrogen (secondary N) is 1. The number of para-hydroxylation sites is 1. The van der Waals surface area contributed by atoms with E-state index in [4.69, 9.17) is 4.42 Å². The molecule has 0 radical (unpaired) electrons. The number of anilines is 1. The molecule has 3 aromatic rings. The molecule has 0 spiro atoms. The Morgan fingerprint density at radius 3 is 2.52 bits per heavy atom. The number of aromatic nitrogens is 1. The molecule has 27 heavy (non-hydrogen) atoms. The highest BCUT2D eigenvalue weighted by atomic mass is 32.2. The molecule has 0 saturated carbocycles. The average molecular weight is 384 g/mol. The monoisotopic (exact) mass is 384 g/mol. The van der Waals surface area contributed by atoms with Crippen LogP contribution in [0.5, 0.6) is 0 Å². The maximum Gasteiger partial charge on any atom is 0.224 e. The minimum absolute atomic E-state index is 0.0936. The molecule has 6 nitrogen and oxygen atoms in total. The van der Waals surface area contributed by atoms with Gasteiger partial charge in [0.15, 0.2) is 21.5 Å². The summed E-state index contributed by atoms with van der Waals surface area (Å²) < 4.78 is 29.3. The zero-order valence-corrected chi connectivity index (χ0v) is 15.9. The van der Waals surface area contributed by atoms with Crippen molar-refractivity contribution in [1.82, 2.24) is 4.98 Å². The van der Waals surface area contributed by atoms with Crippen molar-refractivity contribution in [2.75, 3.05) is 11.6 Å². The quantitative estimate of drug-likeness (QED) is 0.701. The summed E-state index contributed by atoms with van der Waals surface area (Å²) in [7, 11) is -3.42. The van der Waals surface area contributed by atoms with Crippen molar-refractivity contribution in [2.45, 2.75) is 24.7 Å². The lowest BCUT2D eigenvalue weighted by atomic mass is 10.1. The van der Waals surface area contributed by atoms with Gasteiger partial charge in [-0.05, 0) is 19.1 Å². The first kappa shape index (κ1) is 18.8. The number of benzene rings is 2. The number of amides is 1. The Morgan fingerprint density at radius 1 is 1.11 bits per heavy atom. The van der Waals surface area contributed by atoms with Gasteiger partial charge in [-0.3, -0.25) is 4.79 Å². The third-order valence-corrected chi connectivity index (χ3v) is 5.17. The number of hydrogen-bond acceptors (Lipinski definition) is 5. The van der Waals surface area contributed by atoms with Gasteiger partial charge in [0, 0.05) is 24.7 Å². The first-order valence-electron chi connectivity index (χ1n) is 8.43. The highest BCUT2D eigenvalue weighted by Gasteiger charge is 2.15. The zero-order valence-electron chi connectivity index (χ0n) is 15.1. The highest BCUT2D eigenvalue weighted by molar-refractivity contribution is 7.90. The summed E-state index contributed by atoms with van der Waals surface area (Å²) >= 11 is 0. The predicted molar refractivity (Wildman–Crippen MR) is 103 cm³/mol. The van der Waals surface area contributed by atoms with E-state index in [2.05, 4.69) is 10.3 Å². The molecular formula is C20H20N2O4S. The Balaban J connectivity index is 1.63. The van der Waals surface area contributed by atoms with Crippen molar-refractivity contribution in [3.05, 3.63) is 66.2 Å². The molecule has 140 valence electrons. The van der Waals surface area contributed by atoms with Gasteiger partial charge in [-0.25, -0.2) is 13.4 Å². The van der Waals surface area contributed by atoms with Crippen molar-refractivity contribution in [3.63, 3.8) is 0 Å². The Hall–Kier alpha value is -2.93. The number of nitrogens with zero attached hydrogens (tertiary/aromatic N) is 1. The minimum Gasteiger partial charge on any atom is -0.441 e. The molecule has 0 aliphatic carbocycles. The third-order valence-electron chi connectivity index (χ3n) is 4.02. The lowest BCUT2D eigenvalue weighted by Crippen LogP contribution is -2.15. The fourth-order valence-corrected chi connectivity index (χ4v) is 3.45. The Kier molecular flexibility index (Phi) is 5.41. The van der Waals surface area contributed by atoms with Crippen LogP contribution in [-0.2, 0) is 21.1 Å². The van der Waals surface area contributed by atoms with E-state index in [1.54, 1.807) is 24.4 Å². The third kappa shape index (κ3) is 4.83. The molecule has 0 bridgehead atoms. The van der Waals surface area contributed by atoms with Crippen LogP contribution in [0, 0.1) is 6.92 Å². The van der Waals surface area contributed by atoms with Crippen LogP contribution >= 0.6 is 0 Å². The lowest BCUT2D eigenvalue weighted by Gasteiger charge is -2.09. The molecular weight excluding hydrogens is 364 g/mol. The van der Waals surface area contributed by atoms with E-state index >= 15 is 0 Å². The van der Waals surface area contributed by atoms with E-state index < -0.39 is 9.84 Å². The van der Waals surface area contributed by atoms with Crippen molar-refractivity contribution >= 4 is 21.4 Å². The smallest absolute Gasteiger partial charge is 0.224 e. The summed E-state index contributed by atoms with van der Waals surface area (Å²) in [5.74, 6) is 0.797. The van der Waals surface area contributed by atoms with Gasteiger partial charge in [-0.2, -0.15) is 0 Å². The molecule has 0 aliphatic rings. The fraction of sp³-hybridized carbons (Fsp3) is 0.200. The highest BCUT2D eigenvalue weighted by Crippen LogP contribution is 2.22. The van der Waals surface area contributed by atoms with Gasteiger partial charge in [0.25, 0.3) is 0 Å². The van der Waals surface area contributed by atoms with E-state index in [1.807, 2.05) is 31.2 Å². The van der Waals surface area contributed by atoms with E-state index in [1.165, 1.54) is 6.07 Å². The molecule has 0 atom stereocenters. The van der Waals surface area contributed by atoms with Gasteiger partial charge in [0.05, 0.1) is 16.8 Å². The fourth-order valence-electron chi connectivity index (χ4n) is 2.60. The number of rotatable bonds is 6. The maximum atomic E-state index is 12.2. The standard InChI is InChI=1S/C20H20N2O4S/c1-14-7-9-15(10-8-14)17-13-21-20(26-17)12-11-19(23)22-16-5-3-4-6-18(16)27(2,24)25/h3-10,13H,11-12H2,1-2H3,(H,22,23). The summed E-state index contributed by atoms with van der Waals surface area (Å²) in [5.41, 5.74) is 2.35. The number of carbonyl (C=O) groups excluding carboxylic acids is 1. The zero-order chi connectivity index (χ0) is 19.4. The number of carbonyl (C=O) groups is 1. The van der Waals surface area contributed by atoms with Gasteiger partial charge in [0.2, 0.25) is 5.91 Å². The minimum atomic E-state index is -3.42. The van der Waals surface area contributed by atoms with E-state index in [0.29, 0.717) is 18.1 Å². The molecule has 1 aromatic heterocycles. The van der Waals surface area contributed by atoms with Gasteiger partial charge in [0.1, 0.15) is 0 Å². The number of hydrogen-bond donors (Lipinski definition) is 1. The van der Waals surface area contributed by atoms with Crippen LogP contribution < -0.4 is 5.32 Å². The van der Waals surface area contributed by atoms with Crippen LogP contribution in [0.2, 0.25) is 0 Å². The molecule has 0 aliphatic heterocycles. The predicted octanol–water partition coefficient (Wildman–Crippen LogP) is 3.62. The Labute approximate surface area is 158 Å². The first-order chi connectivity index (χ1) is 12.8. The molecule has 0 unspecified atom stereocenters. The molecule has 1 amide bonds. The van der Waals surface area contributed by atoms with Crippen LogP contribution in [0.3, 0.4) is 0 Å². The summed E-state index contributed by atoms with van der Waals surface area (Å²) in [6.45, 7) is 2.01. The largest absolute Gasteiger partial charge is 0.441 e. The summed E-state index contributed by atoms with van der Waals surface area (Å²) in [6.07, 6.45) is 3.19. The first-order valence-corrected chi connectivity index (χ1v) is 10.3. The average Bonchev–Trinajstić information content (AvgIpc) is 3.09. The second kappa shape index (κ2) is 7.75. The molecule has 1 heterocycles. The Bertz CT molecular complexity index is 1050. The van der Waals surface area contributed by atoms with Crippen molar-refractivity contribution < 1.29 is 17.6 Å². The summed E-state index contributed by atoms with van der Waals surface area (Å²) in [4.78, 5) is 16.5. The van der Waals surface area contributed by atoms with E-state index in [0.717, 1.165) is 17.4 Å². The lowest BCUT2D eigenvalue weighted by molar-refractivity contribution is -0.116. The number of sulfone groups is 1. The molecule has 0 fully saturated rings. The molecule has 3 rings (SSSR count). The maximum absolute atomic E-state index is 12.2. The van der Waals surface area contributed by atoms with Gasteiger partial charge < -0.3 is 9.73 Å². The molecule has 7 heteroatoms. The van der Waals surface area contributed by atoms with Crippen LogP contribution in [0.4, 0.5) is 5.69 Å². The van der Waals surface area contributed by atoms with E-state index in [-0.39, 0.29) is 22.9 Å². The van der Waals surface area contributed by atoms with Crippen molar-refractivity contribution in [3.8, 4) is 11.3 Å². The topological polar surface area (TPSA) is 89.3 Å². The van der Waals surface area contributed by atoms with E-state index in [9.17, 15) is 13.2 Å². The van der Waals surface area contributed by atoms with Crippen molar-refractivity contribution in [2.24, 2.45) is 0 Å². The molecule has 2 aromatic carbocycles.